The lowest BCUT2D eigenvalue weighted by atomic mass is 9.92. The number of aryl methyl sites for hydroxylation is 1. The molecular formula is C25H29FN6O. The second-order valence-corrected chi connectivity index (χ2v) is 9.12. The average molecular weight is 449 g/mol. The summed E-state index contributed by atoms with van der Waals surface area (Å²) in [5, 5.41) is 7.54. The highest BCUT2D eigenvalue weighted by atomic mass is 19.1. The van der Waals surface area contributed by atoms with E-state index >= 15 is 0 Å². The lowest BCUT2D eigenvalue weighted by Gasteiger charge is -2.36. The van der Waals surface area contributed by atoms with Gasteiger partial charge in [0.25, 0.3) is 5.91 Å². The zero-order chi connectivity index (χ0) is 22.9. The van der Waals surface area contributed by atoms with Crippen LogP contribution in [0.3, 0.4) is 0 Å². The number of carbonyl (C=O) groups is 1. The largest absolute Gasteiger partial charge is 0.347 e. The minimum atomic E-state index is -0.288. The first kappa shape index (κ1) is 21.6. The molecule has 0 saturated carbocycles. The molecule has 8 heteroatoms. The molecule has 1 fully saturated rings. The molecule has 0 spiro atoms. The van der Waals surface area contributed by atoms with E-state index in [4.69, 9.17) is 4.98 Å². The van der Waals surface area contributed by atoms with Crippen LogP contribution in [0.5, 0.6) is 0 Å². The quantitative estimate of drug-likeness (QED) is 0.643. The second kappa shape index (κ2) is 8.92. The molecule has 1 aliphatic carbocycles. The van der Waals surface area contributed by atoms with Gasteiger partial charge in [0.2, 0.25) is 5.95 Å². The third-order valence-electron chi connectivity index (χ3n) is 6.70. The van der Waals surface area contributed by atoms with Crippen LogP contribution in [0.1, 0.15) is 65.6 Å². The number of aromatic nitrogens is 4. The molecule has 5 rings (SSSR count). The number of aromatic amines is 1. The highest BCUT2D eigenvalue weighted by molar-refractivity contribution is 5.94. The Morgan fingerprint density at radius 3 is 2.70 bits per heavy atom. The number of amides is 1. The molecule has 2 aromatic heterocycles. The molecular weight excluding hydrogens is 419 g/mol. The van der Waals surface area contributed by atoms with Crippen LogP contribution in [0, 0.1) is 5.82 Å². The molecule has 3 heterocycles. The Hall–Kier alpha value is -3.29. The number of rotatable bonds is 4. The van der Waals surface area contributed by atoms with Crippen molar-refractivity contribution in [3.05, 3.63) is 58.9 Å². The van der Waals surface area contributed by atoms with Crippen molar-refractivity contribution in [1.29, 1.82) is 0 Å². The molecule has 2 aliphatic rings. The number of nitrogens with one attached hydrogen (secondary N) is 1. The summed E-state index contributed by atoms with van der Waals surface area (Å²) in [6.07, 6.45) is 8.63. The van der Waals surface area contributed by atoms with E-state index in [0.717, 1.165) is 73.0 Å². The molecule has 0 radical (unpaired) electrons. The molecule has 33 heavy (non-hydrogen) atoms. The highest BCUT2D eigenvalue weighted by Crippen LogP contribution is 2.37. The van der Waals surface area contributed by atoms with Crippen LogP contribution >= 0.6 is 0 Å². The van der Waals surface area contributed by atoms with Crippen LogP contribution in [0.2, 0.25) is 0 Å². The van der Waals surface area contributed by atoms with E-state index in [1.54, 1.807) is 18.3 Å². The van der Waals surface area contributed by atoms with Crippen LogP contribution in [0.25, 0.3) is 11.1 Å². The molecule has 172 valence electrons. The number of H-pyrrole nitrogens is 1. The third-order valence-corrected chi connectivity index (χ3v) is 6.70. The van der Waals surface area contributed by atoms with Crippen molar-refractivity contribution in [3.8, 4) is 11.1 Å². The molecule has 3 aromatic rings. The van der Waals surface area contributed by atoms with Gasteiger partial charge in [-0.15, -0.1) is 0 Å². The first-order valence-corrected chi connectivity index (χ1v) is 11.7. The van der Waals surface area contributed by atoms with Gasteiger partial charge in [-0.1, -0.05) is 12.1 Å². The monoisotopic (exact) mass is 448 g/mol. The van der Waals surface area contributed by atoms with Crippen molar-refractivity contribution in [2.75, 3.05) is 25.5 Å². The van der Waals surface area contributed by atoms with Crippen LogP contribution in [0.4, 0.5) is 10.3 Å². The molecule has 1 aromatic carbocycles. The summed E-state index contributed by atoms with van der Waals surface area (Å²) < 4.78 is 13.6. The number of benzene rings is 1. The number of fused-ring (bicyclic) bond motifs is 1. The number of nitrogens with zero attached hydrogens (tertiary/aromatic N) is 5. The Morgan fingerprint density at radius 2 is 1.91 bits per heavy atom. The van der Waals surface area contributed by atoms with Crippen LogP contribution in [-0.4, -0.2) is 51.6 Å². The van der Waals surface area contributed by atoms with E-state index in [0.29, 0.717) is 18.2 Å². The Labute approximate surface area is 193 Å². The predicted molar refractivity (Wildman–Crippen MR) is 125 cm³/mol. The van der Waals surface area contributed by atoms with Gasteiger partial charge < -0.3 is 9.80 Å². The van der Waals surface area contributed by atoms with E-state index < -0.39 is 0 Å². The van der Waals surface area contributed by atoms with Crippen LogP contribution in [-0.2, 0) is 12.8 Å². The van der Waals surface area contributed by atoms with E-state index in [-0.39, 0.29) is 17.8 Å². The molecule has 1 N–H and O–H groups in total. The molecule has 1 atom stereocenters. The Kier molecular flexibility index (Phi) is 5.83. The summed E-state index contributed by atoms with van der Waals surface area (Å²) in [6.45, 7) is 0.662. The van der Waals surface area contributed by atoms with Crippen LogP contribution in [0.15, 0.2) is 30.5 Å². The first-order valence-electron chi connectivity index (χ1n) is 11.7. The number of hydrogen-bond acceptors (Lipinski definition) is 5. The lowest BCUT2D eigenvalue weighted by Crippen LogP contribution is -2.40. The zero-order valence-corrected chi connectivity index (χ0v) is 19.1. The summed E-state index contributed by atoms with van der Waals surface area (Å²) in [5.74, 6) is 0.268. The van der Waals surface area contributed by atoms with Gasteiger partial charge in [0.1, 0.15) is 5.82 Å². The summed E-state index contributed by atoms with van der Waals surface area (Å²) >= 11 is 0. The fourth-order valence-electron chi connectivity index (χ4n) is 4.96. The lowest BCUT2D eigenvalue weighted by molar-refractivity contribution is 0.0599. The van der Waals surface area contributed by atoms with Gasteiger partial charge in [0.05, 0.1) is 11.7 Å². The van der Waals surface area contributed by atoms with Gasteiger partial charge in [0.15, 0.2) is 5.69 Å². The maximum Gasteiger partial charge on any atom is 0.275 e. The van der Waals surface area contributed by atoms with E-state index in [1.807, 2.05) is 23.9 Å². The molecule has 7 nitrogen and oxygen atoms in total. The molecule has 1 aliphatic heterocycles. The average Bonchev–Trinajstić information content (AvgIpc) is 3.28. The number of piperidine rings is 1. The smallest absolute Gasteiger partial charge is 0.275 e. The van der Waals surface area contributed by atoms with Crippen molar-refractivity contribution in [1.82, 2.24) is 25.1 Å². The van der Waals surface area contributed by atoms with E-state index in [1.165, 1.54) is 12.1 Å². The van der Waals surface area contributed by atoms with E-state index in [2.05, 4.69) is 15.2 Å². The van der Waals surface area contributed by atoms with Crippen molar-refractivity contribution >= 4 is 11.9 Å². The van der Waals surface area contributed by atoms with Gasteiger partial charge in [0, 0.05) is 43.7 Å². The summed E-state index contributed by atoms with van der Waals surface area (Å²) in [6, 6.07) is 6.18. The van der Waals surface area contributed by atoms with Crippen molar-refractivity contribution < 1.29 is 9.18 Å². The van der Waals surface area contributed by atoms with Gasteiger partial charge >= 0.3 is 0 Å². The Bertz CT molecular complexity index is 1160. The number of hydrogen-bond donors (Lipinski definition) is 1. The van der Waals surface area contributed by atoms with E-state index in [9.17, 15) is 9.18 Å². The van der Waals surface area contributed by atoms with Crippen molar-refractivity contribution in [3.63, 3.8) is 0 Å². The van der Waals surface area contributed by atoms with Gasteiger partial charge in [-0.25, -0.2) is 14.4 Å². The predicted octanol–water partition coefficient (Wildman–Crippen LogP) is 4.32. The normalized spacial score (nSPS) is 18.2. The number of carbonyl (C=O) groups excluding carboxylic acids is 1. The fourth-order valence-corrected chi connectivity index (χ4v) is 4.96. The van der Waals surface area contributed by atoms with Gasteiger partial charge in [-0.05, 0) is 62.6 Å². The van der Waals surface area contributed by atoms with Crippen molar-refractivity contribution in [2.24, 2.45) is 0 Å². The minimum Gasteiger partial charge on any atom is -0.347 e. The SMILES string of the molecule is CN(C)c1ncc(-c2ccc(F)cc2)c(C2CCCCN2C(=O)c2n[nH]c3c2CCCC3)n1. The number of anilines is 1. The Balaban J connectivity index is 1.57. The Morgan fingerprint density at radius 1 is 1.12 bits per heavy atom. The van der Waals surface area contributed by atoms with Crippen LogP contribution < -0.4 is 4.90 Å². The maximum absolute atomic E-state index is 13.8. The fraction of sp³-hybridized carbons (Fsp3) is 0.440. The first-order chi connectivity index (χ1) is 16.0. The number of halogens is 1. The minimum absolute atomic E-state index is 0.0332. The number of likely N-dealkylation sites (tertiary alicyclic amines) is 1. The highest BCUT2D eigenvalue weighted by Gasteiger charge is 2.35. The zero-order valence-electron chi connectivity index (χ0n) is 19.1. The maximum atomic E-state index is 13.8. The summed E-state index contributed by atoms with van der Waals surface area (Å²) in [7, 11) is 3.80. The van der Waals surface area contributed by atoms with Gasteiger partial charge in [-0.2, -0.15) is 5.10 Å². The molecule has 0 bridgehead atoms. The summed E-state index contributed by atoms with van der Waals surface area (Å²) in [5.41, 5.74) is 5.20. The second-order valence-electron chi connectivity index (χ2n) is 9.12. The summed E-state index contributed by atoms with van der Waals surface area (Å²) in [4.78, 5) is 27.0. The van der Waals surface area contributed by atoms with Gasteiger partial charge in [-0.3, -0.25) is 9.89 Å². The third kappa shape index (κ3) is 4.10. The molecule has 1 saturated heterocycles. The van der Waals surface area contributed by atoms with Crippen molar-refractivity contribution in [2.45, 2.75) is 51.0 Å². The topological polar surface area (TPSA) is 78.0 Å². The standard InChI is InChI=1S/C25H29FN6O/c1-31(2)25-27-15-19(16-10-12-17(26)13-11-16)22(28-25)21-9-5-6-14-32(21)24(33)23-18-7-3-4-8-20(18)29-30-23/h10-13,15,21H,3-9,14H2,1-2H3,(H,29,30). The molecule has 1 unspecified atom stereocenters. The molecule has 1 amide bonds.